The highest BCUT2D eigenvalue weighted by Crippen LogP contribution is 2.23. The van der Waals surface area contributed by atoms with Crippen LogP contribution in [-0.4, -0.2) is 49.3 Å². The fourth-order valence-corrected chi connectivity index (χ4v) is 2.93. The van der Waals surface area contributed by atoms with E-state index in [2.05, 4.69) is 12.2 Å². The highest BCUT2D eigenvalue weighted by molar-refractivity contribution is 8.00. The van der Waals surface area contributed by atoms with Crippen molar-refractivity contribution < 1.29 is 9.53 Å². The van der Waals surface area contributed by atoms with Gasteiger partial charge in [0.25, 0.3) is 0 Å². The number of nitrogens with zero attached hydrogens (tertiary/aromatic N) is 1. The number of carbonyl (C=O) groups excluding carboxylic acids is 1. The van der Waals surface area contributed by atoms with Crippen molar-refractivity contribution in [1.82, 2.24) is 10.2 Å². The fourth-order valence-electron chi connectivity index (χ4n) is 2.09. The standard InChI is InChI=1S/C14H20N2O2S.ClH/c1-11-9-16(7-6-15-11)14(17)10-19-13-5-3-4-12(8-13)18-2;/h3-5,8,11,15H,6-7,9-10H2,1-2H3;1H. The summed E-state index contributed by atoms with van der Waals surface area (Å²) in [6, 6.07) is 8.20. The lowest BCUT2D eigenvalue weighted by atomic mass is 10.2. The Morgan fingerprint density at radius 3 is 3.05 bits per heavy atom. The molecule has 6 heteroatoms. The number of amides is 1. The molecule has 1 aromatic rings. The number of ether oxygens (including phenoxy) is 1. The summed E-state index contributed by atoms with van der Waals surface area (Å²) in [6.07, 6.45) is 0. The van der Waals surface area contributed by atoms with Gasteiger partial charge >= 0.3 is 0 Å². The zero-order valence-electron chi connectivity index (χ0n) is 11.8. The molecule has 1 fully saturated rings. The Kier molecular flexibility index (Phi) is 7.19. The molecule has 0 saturated carbocycles. The molecule has 1 heterocycles. The van der Waals surface area contributed by atoms with Crippen molar-refractivity contribution in [2.24, 2.45) is 0 Å². The summed E-state index contributed by atoms with van der Waals surface area (Å²) in [5, 5.41) is 3.34. The van der Waals surface area contributed by atoms with Gasteiger partial charge in [0.2, 0.25) is 5.91 Å². The average Bonchev–Trinajstić information content (AvgIpc) is 2.45. The van der Waals surface area contributed by atoms with Gasteiger partial charge in [-0.3, -0.25) is 4.79 Å². The lowest BCUT2D eigenvalue weighted by molar-refractivity contribution is -0.129. The number of benzene rings is 1. The first-order chi connectivity index (χ1) is 9.19. The van der Waals surface area contributed by atoms with Gasteiger partial charge in [0.1, 0.15) is 5.75 Å². The maximum absolute atomic E-state index is 12.1. The molecule has 1 N–H and O–H groups in total. The van der Waals surface area contributed by atoms with Crippen LogP contribution in [0.2, 0.25) is 0 Å². The molecule has 1 aromatic carbocycles. The van der Waals surface area contributed by atoms with Crippen LogP contribution in [0.5, 0.6) is 5.75 Å². The third kappa shape index (κ3) is 4.89. The lowest BCUT2D eigenvalue weighted by Gasteiger charge is -2.31. The van der Waals surface area contributed by atoms with Crippen LogP contribution in [0.4, 0.5) is 0 Å². The predicted octanol–water partition coefficient (Wildman–Crippen LogP) is 2.03. The molecule has 0 radical (unpaired) electrons. The molecule has 1 saturated heterocycles. The second-order valence-corrected chi connectivity index (χ2v) is 5.71. The maximum Gasteiger partial charge on any atom is 0.233 e. The highest BCUT2D eigenvalue weighted by atomic mass is 35.5. The van der Waals surface area contributed by atoms with E-state index in [-0.39, 0.29) is 18.3 Å². The Morgan fingerprint density at radius 1 is 1.55 bits per heavy atom. The molecule has 20 heavy (non-hydrogen) atoms. The lowest BCUT2D eigenvalue weighted by Crippen LogP contribution is -2.51. The van der Waals surface area contributed by atoms with Crippen molar-refractivity contribution in [3.05, 3.63) is 24.3 Å². The Labute approximate surface area is 130 Å². The van der Waals surface area contributed by atoms with Gasteiger partial charge in [0, 0.05) is 30.6 Å². The number of thioether (sulfide) groups is 1. The van der Waals surface area contributed by atoms with E-state index in [1.54, 1.807) is 18.9 Å². The Bertz CT molecular complexity index is 445. The minimum absolute atomic E-state index is 0. The first-order valence-corrected chi connectivity index (χ1v) is 7.45. The van der Waals surface area contributed by atoms with Gasteiger partial charge in [-0.05, 0) is 25.1 Å². The number of carbonyl (C=O) groups is 1. The van der Waals surface area contributed by atoms with E-state index in [0.29, 0.717) is 11.8 Å². The smallest absolute Gasteiger partial charge is 0.233 e. The van der Waals surface area contributed by atoms with Gasteiger partial charge < -0.3 is 15.0 Å². The molecule has 0 bridgehead atoms. The van der Waals surface area contributed by atoms with Crippen molar-refractivity contribution in [2.45, 2.75) is 17.9 Å². The highest BCUT2D eigenvalue weighted by Gasteiger charge is 2.20. The zero-order valence-corrected chi connectivity index (χ0v) is 13.4. The first-order valence-electron chi connectivity index (χ1n) is 6.47. The number of nitrogens with one attached hydrogen (secondary N) is 1. The number of hydrogen-bond acceptors (Lipinski definition) is 4. The minimum atomic E-state index is 0. The summed E-state index contributed by atoms with van der Waals surface area (Å²) in [4.78, 5) is 15.1. The SMILES string of the molecule is COc1cccc(SCC(=O)N2CCNC(C)C2)c1.Cl. The van der Waals surface area contributed by atoms with Gasteiger partial charge in [0.15, 0.2) is 0 Å². The number of halogens is 1. The van der Waals surface area contributed by atoms with Crippen LogP contribution in [0.15, 0.2) is 29.2 Å². The zero-order chi connectivity index (χ0) is 13.7. The molecule has 1 atom stereocenters. The average molecular weight is 317 g/mol. The summed E-state index contributed by atoms with van der Waals surface area (Å²) < 4.78 is 5.18. The van der Waals surface area contributed by atoms with Crippen LogP contribution in [-0.2, 0) is 4.79 Å². The van der Waals surface area contributed by atoms with Gasteiger partial charge in [-0.25, -0.2) is 0 Å². The number of methoxy groups -OCH3 is 1. The van der Waals surface area contributed by atoms with E-state index in [1.165, 1.54) is 0 Å². The summed E-state index contributed by atoms with van der Waals surface area (Å²) in [5.74, 6) is 1.52. The Hall–Kier alpha value is -0.910. The maximum atomic E-state index is 12.1. The van der Waals surface area contributed by atoms with Crippen LogP contribution < -0.4 is 10.1 Å². The molecule has 2 rings (SSSR count). The topological polar surface area (TPSA) is 41.6 Å². The van der Waals surface area contributed by atoms with Crippen LogP contribution in [0.1, 0.15) is 6.92 Å². The molecule has 0 aromatic heterocycles. The van der Waals surface area contributed by atoms with Crippen molar-refractivity contribution in [3.8, 4) is 5.75 Å². The largest absolute Gasteiger partial charge is 0.497 e. The predicted molar refractivity (Wildman–Crippen MR) is 85.0 cm³/mol. The number of hydrogen-bond donors (Lipinski definition) is 1. The molecule has 112 valence electrons. The van der Waals surface area contributed by atoms with Crippen LogP contribution in [0.3, 0.4) is 0 Å². The van der Waals surface area contributed by atoms with E-state index < -0.39 is 0 Å². The summed E-state index contributed by atoms with van der Waals surface area (Å²) in [6.45, 7) is 4.60. The quantitative estimate of drug-likeness (QED) is 0.863. The van der Waals surface area contributed by atoms with E-state index in [9.17, 15) is 4.79 Å². The van der Waals surface area contributed by atoms with E-state index in [4.69, 9.17) is 4.74 Å². The van der Waals surface area contributed by atoms with Crippen LogP contribution >= 0.6 is 24.2 Å². The van der Waals surface area contributed by atoms with E-state index >= 15 is 0 Å². The molecule has 0 aliphatic carbocycles. The van der Waals surface area contributed by atoms with Crippen LogP contribution in [0, 0.1) is 0 Å². The fraction of sp³-hybridized carbons (Fsp3) is 0.500. The van der Waals surface area contributed by atoms with Crippen molar-refractivity contribution in [3.63, 3.8) is 0 Å². The van der Waals surface area contributed by atoms with Gasteiger partial charge in [0.05, 0.1) is 12.9 Å². The third-order valence-corrected chi connectivity index (χ3v) is 4.10. The van der Waals surface area contributed by atoms with Gasteiger partial charge in [-0.15, -0.1) is 24.2 Å². The van der Waals surface area contributed by atoms with Crippen molar-refractivity contribution in [1.29, 1.82) is 0 Å². The molecule has 4 nitrogen and oxygen atoms in total. The third-order valence-electron chi connectivity index (χ3n) is 3.12. The Balaban J connectivity index is 0.00000200. The number of piperazine rings is 1. The minimum Gasteiger partial charge on any atom is -0.497 e. The first kappa shape index (κ1) is 17.1. The van der Waals surface area contributed by atoms with E-state index in [1.807, 2.05) is 29.2 Å². The molecule has 0 spiro atoms. The molecule has 1 aliphatic rings. The van der Waals surface area contributed by atoms with Crippen molar-refractivity contribution >= 4 is 30.1 Å². The second kappa shape index (κ2) is 8.39. The molecule has 1 amide bonds. The Morgan fingerprint density at radius 2 is 2.35 bits per heavy atom. The van der Waals surface area contributed by atoms with Gasteiger partial charge in [-0.1, -0.05) is 6.07 Å². The molecule has 1 aliphatic heterocycles. The summed E-state index contributed by atoms with van der Waals surface area (Å²) in [7, 11) is 1.65. The summed E-state index contributed by atoms with van der Waals surface area (Å²) in [5.41, 5.74) is 0. The van der Waals surface area contributed by atoms with Crippen LogP contribution in [0.25, 0.3) is 0 Å². The molecule has 1 unspecified atom stereocenters. The number of rotatable bonds is 4. The van der Waals surface area contributed by atoms with Crippen molar-refractivity contribution in [2.75, 3.05) is 32.5 Å². The monoisotopic (exact) mass is 316 g/mol. The van der Waals surface area contributed by atoms with E-state index in [0.717, 1.165) is 30.3 Å². The molecular formula is C14H21ClN2O2S. The summed E-state index contributed by atoms with van der Waals surface area (Å²) >= 11 is 1.56. The molecular weight excluding hydrogens is 296 g/mol. The van der Waals surface area contributed by atoms with Gasteiger partial charge in [-0.2, -0.15) is 0 Å². The normalized spacial score (nSPS) is 18.3. The second-order valence-electron chi connectivity index (χ2n) is 4.66.